The summed E-state index contributed by atoms with van der Waals surface area (Å²) in [5.41, 5.74) is 3.75. The molecule has 1 saturated heterocycles. The second kappa shape index (κ2) is 10.9. The van der Waals surface area contributed by atoms with E-state index in [9.17, 15) is 14.7 Å². The number of benzene rings is 2. The number of hydrogen-bond acceptors (Lipinski definition) is 8. The Hall–Kier alpha value is -4.70. The standard InChI is InChI=1S/C32H30N4O5S/c1-5-16-41-21-11-9-20(10-12-21)27-25(28(37)26-19(4)35-15-7-8-18(3)30(35)34-26)29(38)31(39)36(27)32-33-23-14-13-22(40-6-2)17-24(23)42-32/h7-15,17,27,37H,5-6,16H2,1-4H3/b28-25+. The first-order valence-corrected chi connectivity index (χ1v) is 14.7. The Morgan fingerprint density at radius 1 is 1.00 bits per heavy atom. The highest BCUT2D eigenvalue weighted by Gasteiger charge is 2.48. The molecule has 5 aromatic rings. The highest BCUT2D eigenvalue weighted by atomic mass is 32.1. The van der Waals surface area contributed by atoms with E-state index in [1.165, 1.54) is 16.2 Å². The summed E-state index contributed by atoms with van der Waals surface area (Å²) in [7, 11) is 0. The fraction of sp³-hybridized carbons (Fsp3) is 0.250. The Morgan fingerprint density at radius 3 is 2.48 bits per heavy atom. The molecule has 42 heavy (non-hydrogen) atoms. The van der Waals surface area contributed by atoms with E-state index in [1.54, 1.807) is 12.1 Å². The minimum absolute atomic E-state index is 0.0411. The number of thiazole rings is 1. The van der Waals surface area contributed by atoms with Crippen LogP contribution in [0.2, 0.25) is 0 Å². The van der Waals surface area contributed by atoms with Crippen molar-refractivity contribution in [1.82, 2.24) is 14.4 Å². The molecule has 3 aromatic heterocycles. The Bertz CT molecular complexity index is 1870. The third-order valence-electron chi connectivity index (χ3n) is 7.29. The molecule has 1 fully saturated rings. The van der Waals surface area contributed by atoms with Crippen molar-refractivity contribution < 1.29 is 24.2 Å². The van der Waals surface area contributed by atoms with E-state index in [0.29, 0.717) is 52.3 Å². The molecule has 4 heterocycles. The van der Waals surface area contributed by atoms with Crippen molar-refractivity contribution in [2.75, 3.05) is 18.1 Å². The maximum atomic E-state index is 13.7. The number of hydrogen-bond donors (Lipinski definition) is 1. The first kappa shape index (κ1) is 27.5. The van der Waals surface area contributed by atoms with Gasteiger partial charge in [0.2, 0.25) is 0 Å². The predicted octanol–water partition coefficient (Wildman–Crippen LogP) is 6.37. The lowest BCUT2D eigenvalue weighted by atomic mass is 9.96. The fourth-order valence-corrected chi connectivity index (χ4v) is 6.26. The zero-order valence-electron chi connectivity index (χ0n) is 23.7. The van der Waals surface area contributed by atoms with Crippen LogP contribution < -0.4 is 14.4 Å². The molecule has 0 aliphatic carbocycles. The maximum absolute atomic E-state index is 13.7. The van der Waals surface area contributed by atoms with Gasteiger partial charge in [-0.3, -0.25) is 14.5 Å². The van der Waals surface area contributed by atoms with Crippen molar-refractivity contribution >= 4 is 49.8 Å². The summed E-state index contributed by atoms with van der Waals surface area (Å²) >= 11 is 1.28. The van der Waals surface area contributed by atoms with E-state index >= 15 is 0 Å². The first-order chi connectivity index (χ1) is 20.3. The molecule has 1 atom stereocenters. The van der Waals surface area contributed by atoms with Gasteiger partial charge >= 0.3 is 5.91 Å². The number of fused-ring (bicyclic) bond motifs is 2. The van der Waals surface area contributed by atoms with Crippen molar-refractivity contribution in [3.05, 3.63) is 88.9 Å². The summed E-state index contributed by atoms with van der Waals surface area (Å²) in [6.07, 6.45) is 2.71. The van der Waals surface area contributed by atoms with Gasteiger partial charge in [0.1, 0.15) is 22.8 Å². The molecule has 1 aliphatic rings. The summed E-state index contributed by atoms with van der Waals surface area (Å²) in [4.78, 5) is 38.2. The molecule has 6 rings (SSSR count). The molecule has 1 amide bonds. The van der Waals surface area contributed by atoms with Gasteiger partial charge in [0, 0.05) is 6.20 Å². The molecule has 0 spiro atoms. The molecule has 0 bridgehead atoms. The smallest absolute Gasteiger partial charge is 0.301 e. The van der Waals surface area contributed by atoms with Crippen molar-refractivity contribution in [2.45, 2.75) is 40.2 Å². The maximum Gasteiger partial charge on any atom is 0.301 e. The highest BCUT2D eigenvalue weighted by Crippen LogP contribution is 2.45. The van der Waals surface area contributed by atoms with Crippen molar-refractivity contribution in [2.24, 2.45) is 0 Å². The van der Waals surface area contributed by atoms with Gasteiger partial charge in [-0.05, 0) is 74.7 Å². The Kier molecular flexibility index (Phi) is 7.16. The van der Waals surface area contributed by atoms with Gasteiger partial charge in [0.05, 0.1) is 40.7 Å². The fourth-order valence-electron chi connectivity index (χ4n) is 5.24. The second-order valence-electron chi connectivity index (χ2n) is 10.1. The van der Waals surface area contributed by atoms with Gasteiger partial charge in [0.15, 0.2) is 10.9 Å². The van der Waals surface area contributed by atoms with Crippen molar-refractivity contribution in [1.29, 1.82) is 0 Å². The molecular weight excluding hydrogens is 552 g/mol. The van der Waals surface area contributed by atoms with Crippen LogP contribution in [-0.2, 0) is 9.59 Å². The molecule has 1 aliphatic heterocycles. The van der Waals surface area contributed by atoms with E-state index in [0.717, 1.165) is 16.7 Å². The van der Waals surface area contributed by atoms with Crippen LogP contribution >= 0.6 is 11.3 Å². The third-order valence-corrected chi connectivity index (χ3v) is 8.30. The molecule has 0 radical (unpaired) electrons. The minimum atomic E-state index is -0.928. The molecule has 1 N–H and O–H groups in total. The number of aliphatic hydroxyl groups is 1. The Labute approximate surface area is 246 Å². The quantitative estimate of drug-likeness (QED) is 0.129. The number of amides is 1. The number of aryl methyl sites for hydroxylation is 2. The predicted molar refractivity (Wildman–Crippen MR) is 162 cm³/mol. The number of rotatable bonds is 8. The van der Waals surface area contributed by atoms with E-state index in [1.807, 2.05) is 80.8 Å². The SMILES string of the molecule is CCCOc1ccc(C2/C(=C(\O)c3nc4c(C)cccn4c3C)C(=O)C(=O)N2c2nc3ccc(OCC)cc3s2)cc1. The molecule has 0 saturated carbocycles. The molecule has 1 unspecified atom stereocenters. The monoisotopic (exact) mass is 582 g/mol. The Morgan fingerprint density at radius 2 is 1.76 bits per heavy atom. The number of imidazole rings is 1. The first-order valence-electron chi connectivity index (χ1n) is 13.8. The van der Waals surface area contributed by atoms with Crippen molar-refractivity contribution in [3.63, 3.8) is 0 Å². The van der Waals surface area contributed by atoms with Gasteiger partial charge in [0.25, 0.3) is 5.78 Å². The van der Waals surface area contributed by atoms with Gasteiger partial charge in [-0.2, -0.15) is 0 Å². The number of carbonyl (C=O) groups is 2. The lowest BCUT2D eigenvalue weighted by molar-refractivity contribution is -0.132. The normalized spacial score (nSPS) is 16.6. The van der Waals surface area contributed by atoms with Crippen LogP contribution in [0.4, 0.5) is 5.13 Å². The van der Waals surface area contributed by atoms with Crippen molar-refractivity contribution in [3.8, 4) is 11.5 Å². The number of aromatic nitrogens is 3. The number of carbonyl (C=O) groups excluding carboxylic acids is 2. The summed E-state index contributed by atoms with van der Waals surface area (Å²) < 4.78 is 14.1. The zero-order chi connectivity index (χ0) is 29.5. The lowest BCUT2D eigenvalue weighted by Crippen LogP contribution is -2.29. The zero-order valence-corrected chi connectivity index (χ0v) is 24.6. The van der Waals surface area contributed by atoms with E-state index < -0.39 is 17.7 Å². The van der Waals surface area contributed by atoms with E-state index in [2.05, 4.69) is 4.98 Å². The average Bonchev–Trinajstić information content (AvgIpc) is 3.64. The topological polar surface area (TPSA) is 106 Å². The number of pyridine rings is 1. The summed E-state index contributed by atoms with van der Waals surface area (Å²) in [6, 6.07) is 15.6. The molecule has 9 nitrogen and oxygen atoms in total. The van der Waals surface area contributed by atoms with Gasteiger partial charge in [-0.1, -0.05) is 36.5 Å². The third kappa shape index (κ3) is 4.57. The van der Waals surface area contributed by atoms with Crippen LogP contribution in [0.3, 0.4) is 0 Å². The second-order valence-corrected chi connectivity index (χ2v) is 11.1. The minimum Gasteiger partial charge on any atom is -0.505 e. The number of nitrogens with zero attached hydrogens (tertiary/aromatic N) is 4. The van der Waals surface area contributed by atoms with Crippen LogP contribution in [0.25, 0.3) is 21.6 Å². The van der Waals surface area contributed by atoms with Crippen LogP contribution in [0.1, 0.15) is 48.8 Å². The average molecular weight is 583 g/mol. The number of aliphatic hydroxyl groups excluding tert-OH is 1. The number of Topliss-reactive ketones (excluding diaryl/α,β-unsaturated/α-hetero) is 1. The molecule has 214 valence electrons. The van der Waals surface area contributed by atoms with Crippen LogP contribution in [0.5, 0.6) is 11.5 Å². The van der Waals surface area contributed by atoms with Gasteiger partial charge in [-0.15, -0.1) is 0 Å². The van der Waals surface area contributed by atoms with Crippen LogP contribution in [0.15, 0.2) is 66.4 Å². The Balaban J connectivity index is 1.53. The number of ether oxygens (including phenoxy) is 2. The van der Waals surface area contributed by atoms with Gasteiger partial charge in [-0.25, -0.2) is 9.97 Å². The highest BCUT2D eigenvalue weighted by molar-refractivity contribution is 7.22. The van der Waals surface area contributed by atoms with E-state index in [4.69, 9.17) is 14.5 Å². The summed E-state index contributed by atoms with van der Waals surface area (Å²) in [5.74, 6) is -0.528. The van der Waals surface area contributed by atoms with Crippen LogP contribution in [-0.4, -0.2) is 44.4 Å². The summed E-state index contributed by atoms with van der Waals surface area (Å²) in [5, 5.41) is 12.1. The lowest BCUT2D eigenvalue weighted by Gasteiger charge is -2.23. The summed E-state index contributed by atoms with van der Waals surface area (Å²) in [6.45, 7) is 8.78. The molecule has 10 heteroatoms. The van der Waals surface area contributed by atoms with E-state index in [-0.39, 0.29) is 17.0 Å². The number of anilines is 1. The molecular formula is C32H30N4O5S. The van der Waals surface area contributed by atoms with Gasteiger partial charge < -0.3 is 19.0 Å². The number of ketones is 1. The molecule has 2 aromatic carbocycles. The van der Waals surface area contributed by atoms with Crippen LogP contribution in [0, 0.1) is 13.8 Å². The largest absolute Gasteiger partial charge is 0.505 e.